The van der Waals surface area contributed by atoms with Gasteiger partial charge in [-0.3, -0.25) is 0 Å². The summed E-state index contributed by atoms with van der Waals surface area (Å²) in [7, 11) is 0. The van der Waals surface area contributed by atoms with E-state index in [1.54, 1.807) is 6.07 Å². The van der Waals surface area contributed by atoms with Crippen LogP contribution < -0.4 is 0 Å². The molecule has 80 valence electrons. The van der Waals surface area contributed by atoms with Gasteiger partial charge in [0.2, 0.25) is 0 Å². The van der Waals surface area contributed by atoms with E-state index >= 15 is 0 Å². The molecule has 0 aliphatic heterocycles. The Kier molecular flexibility index (Phi) is 2.90. The predicted octanol–water partition coefficient (Wildman–Crippen LogP) is 3.78. The van der Waals surface area contributed by atoms with Crippen LogP contribution in [-0.2, 0) is 0 Å². The second-order valence-corrected chi connectivity index (χ2v) is 4.76. The van der Waals surface area contributed by atoms with Gasteiger partial charge in [-0.25, -0.2) is 9.37 Å². The molecule has 0 spiro atoms. The number of thiazole rings is 1. The van der Waals surface area contributed by atoms with Crippen molar-refractivity contribution in [2.24, 2.45) is 0 Å². The van der Waals surface area contributed by atoms with E-state index in [1.807, 2.05) is 6.92 Å². The van der Waals surface area contributed by atoms with Gasteiger partial charge in [0, 0.05) is 5.56 Å². The molecule has 0 N–H and O–H groups in total. The molecule has 1 heterocycles. The lowest BCUT2D eigenvalue weighted by Crippen LogP contribution is -1.84. The van der Waals surface area contributed by atoms with Crippen molar-refractivity contribution >= 4 is 22.9 Å². The Hall–Kier alpha value is -1.44. The molecule has 0 saturated heterocycles. The summed E-state index contributed by atoms with van der Waals surface area (Å²) in [6.45, 7) is 1.82. The first-order chi connectivity index (χ1) is 7.61. The van der Waals surface area contributed by atoms with Gasteiger partial charge in [0.05, 0.1) is 15.7 Å². The molecule has 0 atom stereocenters. The van der Waals surface area contributed by atoms with Gasteiger partial charge in [0.1, 0.15) is 16.8 Å². The van der Waals surface area contributed by atoms with E-state index in [0.29, 0.717) is 16.1 Å². The summed E-state index contributed by atoms with van der Waals surface area (Å²) in [6.07, 6.45) is 0. The fraction of sp³-hybridized carbons (Fsp3) is 0.0909. The topological polar surface area (TPSA) is 36.7 Å². The number of nitriles is 1. The molecule has 16 heavy (non-hydrogen) atoms. The number of halogens is 2. The quantitative estimate of drug-likeness (QED) is 0.774. The smallest absolute Gasteiger partial charge is 0.141 e. The van der Waals surface area contributed by atoms with Crippen molar-refractivity contribution in [2.45, 2.75) is 6.92 Å². The van der Waals surface area contributed by atoms with Crippen molar-refractivity contribution in [1.29, 1.82) is 5.26 Å². The van der Waals surface area contributed by atoms with Crippen molar-refractivity contribution in [1.82, 2.24) is 4.98 Å². The van der Waals surface area contributed by atoms with Crippen molar-refractivity contribution in [2.75, 3.05) is 0 Å². The Morgan fingerprint density at radius 2 is 2.25 bits per heavy atom. The Morgan fingerprint density at radius 3 is 2.88 bits per heavy atom. The molecule has 0 aliphatic carbocycles. The van der Waals surface area contributed by atoms with Crippen LogP contribution in [-0.4, -0.2) is 4.98 Å². The minimum atomic E-state index is -0.476. The molecular weight excluding hydrogens is 247 g/mol. The number of aromatic nitrogens is 1. The molecule has 2 rings (SSSR count). The fourth-order valence-corrected chi connectivity index (χ4v) is 2.26. The monoisotopic (exact) mass is 252 g/mol. The highest BCUT2D eigenvalue weighted by molar-refractivity contribution is 7.12. The summed E-state index contributed by atoms with van der Waals surface area (Å²) < 4.78 is 13.0. The SMILES string of the molecule is Cc1nc(-c2ccc(F)c(Cl)c2)c(C#N)s1. The van der Waals surface area contributed by atoms with E-state index in [-0.39, 0.29) is 5.02 Å². The average Bonchev–Trinajstić information content (AvgIpc) is 2.63. The standard InChI is InChI=1S/C11H6ClFN2S/c1-6-15-11(10(5-14)16-6)7-2-3-9(13)8(12)4-7/h2-4H,1H3. The van der Waals surface area contributed by atoms with Crippen LogP contribution in [0, 0.1) is 24.1 Å². The largest absolute Gasteiger partial charge is 0.240 e. The highest BCUT2D eigenvalue weighted by Crippen LogP contribution is 2.29. The zero-order valence-corrected chi connectivity index (χ0v) is 9.86. The number of rotatable bonds is 1. The highest BCUT2D eigenvalue weighted by atomic mass is 35.5. The van der Waals surface area contributed by atoms with E-state index in [1.165, 1.54) is 23.5 Å². The molecule has 2 aromatic rings. The number of aryl methyl sites for hydroxylation is 1. The lowest BCUT2D eigenvalue weighted by Gasteiger charge is -1.99. The molecule has 5 heteroatoms. The van der Waals surface area contributed by atoms with E-state index in [2.05, 4.69) is 11.1 Å². The second-order valence-electron chi connectivity index (χ2n) is 3.15. The number of hydrogen-bond donors (Lipinski definition) is 0. The van der Waals surface area contributed by atoms with Crippen molar-refractivity contribution < 1.29 is 4.39 Å². The van der Waals surface area contributed by atoms with Crippen molar-refractivity contribution in [3.8, 4) is 17.3 Å². The van der Waals surface area contributed by atoms with Gasteiger partial charge in [0.25, 0.3) is 0 Å². The maximum absolute atomic E-state index is 13.0. The van der Waals surface area contributed by atoms with Crippen LogP contribution in [0.25, 0.3) is 11.3 Å². The Balaban J connectivity index is 2.59. The molecule has 0 unspecified atom stereocenters. The van der Waals surface area contributed by atoms with Gasteiger partial charge < -0.3 is 0 Å². The lowest BCUT2D eigenvalue weighted by molar-refractivity contribution is 0.628. The van der Waals surface area contributed by atoms with E-state index in [4.69, 9.17) is 16.9 Å². The number of benzene rings is 1. The van der Waals surface area contributed by atoms with Gasteiger partial charge in [-0.1, -0.05) is 11.6 Å². The predicted molar refractivity (Wildman–Crippen MR) is 62.0 cm³/mol. The van der Waals surface area contributed by atoms with E-state index in [0.717, 1.165) is 5.01 Å². The maximum atomic E-state index is 13.0. The van der Waals surface area contributed by atoms with Crippen LogP contribution >= 0.6 is 22.9 Å². The summed E-state index contributed by atoms with van der Waals surface area (Å²) in [5, 5.41) is 9.76. The molecule has 1 aromatic carbocycles. The third-order valence-electron chi connectivity index (χ3n) is 2.03. The molecule has 1 aromatic heterocycles. The Labute approximate surface area is 101 Å². The maximum Gasteiger partial charge on any atom is 0.141 e. The Bertz CT molecular complexity index is 586. The fourth-order valence-electron chi connectivity index (χ4n) is 1.34. The molecule has 2 nitrogen and oxygen atoms in total. The highest BCUT2D eigenvalue weighted by Gasteiger charge is 2.12. The summed E-state index contributed by atoms with van der Waals surface area (Å²) in [5.74, 6) is -0.476. The summed E-state index contributed by atoms with van der Waals surface area (Å²) in [5.41, 5.74) is 1.22. The number of nitrogens with zero attached hydrogens (tertiary/aromatic N) is 2. The molecule has 0 radical (unpaired) electrons. The first kappa shape index (κ1) is 11.1. The van der Waals surface area contributed by atoms with Crippen LogP contribution in [0.2, 0.25) is 5.02 Å². The van der Waals surface area contributed by atoms with Crippen molar-refractivity contribution in [3.05, 3.63) is 38.9 Å². The minimum Gasteiger partial charge on any atom is -0.240 e. The molecular formula is C11H6ClFN2S. The Morgan fingerprint density at radius 1 is 1.50 bits per heavy atom. The molecule has 0 aliphatic rings. The second kappa shape index (κ2) is 4.20. The van der Waals surface area contributed by atoms with Gasteiger partial charge >= 0.3 is 0 Å². The van der Waals surface area contributed by atoms with Crippen LogP contribution in [0.3, 0.4) is 0 Å². The van der Waals surface area contributed by atoms with Crippen LogP contribution in [0.5, 0.6) is 0 Å². The van der Waals surface area contributed by atoms with Crippen molar-refractivity contribution in [3.63, 3.8) is 0 Å². The van der Waals surface area contributed by atoms with E-state index in [9.17, 15) is 4.39 Å². The van der Waals surface area contributed by atoms with Gasteiger partial charge in [-0.05, 0) is 25.1 Å². The molecule has 0 fully saturated rings. The molecule has 0 saturated carbocycles. The van der Waals surface area contributed by atoms with E-state index < -0.39 is 5.82 Å². The molecule has 0 amide bonds. The van der Waals surface area contributed by atoms with Crippen LogP contribution in [0.15, 0.2) is 18.2 Å². The minimum absolute atomic E-state index is 0.0343. The van der Waals surface area contributed by atoms with Crippen LogP contribution in [0.4, 0.5) is 4.39 Å². The molecule has 0 bridgehead atoms. The average molecular weight is 253 g/mol. The summed E-state index contributed by atoms with van der Waals surface area (Å²) in [6, 6.07) is 6.38. The number of hydrogen-bond acceptors (Lipinski definition) is 3. The zero-order chi connectivity index (χ0) is 11.7. The third-order valence-corrected chi connectivity index (χ3v) is 3.19. The first-order valence-corrected chi connectivity index (χ1v) is 5.64. The summed E-state index contributed by atoms with van der Waals surface area (Å²) in [4.78, 5) is 4.75. The first-order valence-electron chi connectivity index (χ1n) is 4.45. The normalized spacial score (nSPS) is 10.1. The zero-order valence-electron chi connectivity index (χ0n) is 8.29. The van der Waals surface area contributed by atoms with Gasteiger partial charge in [-0.2, -0.15) is 5.26 Å². The van der Waals surface area contributed by atoms with Gasteiger partial charge in [-0.15, -0.1) is 11.3 Å². The van der Waals surface area contributed by atoms with Gasteiger partial charge in [0.15, 0.2) is 0 Å². The van der Waals surface area contributed by atoms with Crippen LogP contribution in [0.1, 0.15) is 9.88 Å². The third kappa shape index (κ3) is 1.92. The summed E-state index contributed by atoms with van der Waals surface area (Å²) >= 11 is 6.99. The lowest BCUT2D eigenvalue weighted by atomic mass is 10.1.